The van der Waals surface area contributed by atoms with Crippen LogP contribution in [-0.2, 0) is 10.9 Å². The molecular weight excluding hydrogens is 471 g/mol. The number of phenolic OH excluding ortho intramolecular Hbond substituents is 1. The first-order valence-corrected chi connectivity index (χ1v) is 12.0. The zero-order chi connectivity index (χ0) is 26.3. The number of likely N-dealkylation sites (tertiary alicyclic amines) is 1. The molecule has 1 saturated heterocycles. The van der Waals surface area contributed by atoms with Crippen molar-refractivity contribution in [2.24, 2.45) is 5.92 Å². The van der Waals surface area contributed by atoms with Crippen molar-refractivity contribution in [2.45, 2.75) is 58.2 Å². The number of phenols is 1. The second-order valence-corrected chi connectivity index (χ2v) is 10.3. The van der Waals surface area contributed by atoms with Crippen molar-refractivity contribution in [1.29, 1.82) is 0 Å². The highest BCUT2D eigenvalue weighted by Crippen LogP contribution is 2.40. The molecule has 1 aliphatic heterocycles. The number of piperidine rings is 1. The first kappa shape index (κ1) is 25.7. The van der Waals surface area contributed by atoms with E-state index in [1.807, 2.05) is 45.0 Å². The second kappa shape index (κ2) is 9.59. The zero-order valence-electron chi connectivity index (χ0n) is 20.8. The molecule has 1 amide bonds. The van der Waals surface area contributed by atoms with Crippen LogP contribution in [0.4, 0.5) is 18.0 Å². The molecule has 0 saturated carbocycles. The van der Waals surface area contributed by atoms with Crippen LogP contribution < -0.4 is 0 Å². The molecule has 36 heavy (non-hydrogen) atoms. The van der Waals surface area contributed by atoms with Gasteiger partial charge in [-0.25, -0.2) is 4.79 Å². The van der Waals surface area contributed by atoms with Gasteiger partial charge in [0.05, 0.1) is 11.3 Å². The third-order valence-electron chi connectivity index (χ3n) is 6.54. The lowest BCUT2D eigenvalue weighted by Crippen LogP contribution is -2.44. The van der Waals surface area contributed by atoms with E-state index < -0.39 is 23.1 Å². The average molecular weight is 502 g/mol. The molecule has 4 rings (SSSR count). The van der Waals surface area contributed by atoms with E-state index in [0.717, 1.165) is 30.0 Å². The summed E-state index contributed by atoms with van der Waals surface area (Å²) in [7, 11) is 0. The molecule has 192 valence electrons. The molecule has 2 aromatic carbocycles. The number of carbonyl (C=O) groups excluding carboxylic acids is 1. The Kier molecular flexibility index (Phi) is 6.86. The maximum Gasteiger partial charge on any atom is 0.416 e. The number of hydrogen-bond acceptors (Lipinski definition) is 5. The number of aromatic nitrogens is 2. The predicted molar refractivity (Wildman–Crippen MR) is 131 cm³/mol. The maximum atomic E-state index is 13.1. The predicted octanol–water partition coefficient (Wildman–Crippen LogP) is 6.77. The third kappa shape index (κ3) is 5.39. The number of fused-ring (bicyclic) bond motifs is 1. The Morgan fingerprint density at radius 1 is 1.11 bits per heavy atom. The third-order valence-corrected chi connectivity index (χ3v) is 6.54. The monoisotopic (exact) mass is 501 g/mol. The van der Waals surface area contributed by atoms with Gasteiger partial charge in [-0.3, -0.25) is 0 Å². The summed E-state index contributed by atoms with van der Waals surface area (Å²) in [6.45, 7) is 8.74. The van der Waals surface area contributed by atoms with Gasteiger partial charge < -0.3 is 14.7 Å². The van der Waals surface area contributed by atoms with Crippen molar-refractivity contribution < 1.29 is 27.8 Å². The summed E-state index contributed by atoms with van der Waals surface area (Å²) >= 11 is 0. The summed E-state index contributed by atoms with van der Waals surface area (Å²) in [5.74, 6) is -0.414. The Balaban J connectivity index is 1.66. The molecule has 0 spiro atoms. The Hall–Kier alpha value is -3.36. The van der Waals surface area contributed by atoms with Gasteiger partial charge in [0, 0.05) is 35.3 Å². The molecule has 1 fully saturated rings. The van der Waals surface area contributed by atoms with Crippen molar-refractivity contribution in [2.75, 3.05) is 13.1 Å². The summed E-state index contributed by atoms with van der Waals surface area (Å²) in [4.78, 5) is 14.4. The van der Waals surface area contributed by atoms with Crippen molar-refractivity contribution in [3.05, 3.63) is 53.7 Å². The molecule has 3 aromatic rings. The molecule has 2 unspecified atom stereocenters. The van der Waals surface area contributed by atoms with E-state index >= 15 is 0 Å². The highest BCUT2D eigenvalue weighted by Gasteiger charge is 2.33. The van der Waals surface area contributed by atoms with Gasteiger partial charge in [0.25, 0.3) is 0 Å². The summed E-state index contributed by atoms with van der Waals surface area (Å²) in [5, 5.41) is 20.7. The fraction of sp³-hybridized carbons (Fsp3) is 0.444. The number of carbonyl (C=O) groups is 1. The highest BCUT2D eigenvalue weighted by atomic mass is 19.4. The summed E-state index contributed by atoms with van der Waals surface area (Å²) < 4.78 is 44.7. The van der Waals surface area contributed by atoms with E-state index in [2.05, 4.69) is 17.1 Å². The molecule has 2 heterocycles. The van der Waals surface area contributed by atoms with E-state index in [1.165, 1.54) is 6.07 Å². The first-order chi connectivity index (χ1) is 16.8. The van der Waals surface area contributed by atoms with Crippen LogP contribution in [-0.4, -0.2) is 45.0 Å². The van der Waals surface area contributed by atoms with E-state index in [4.69, 9.17) is 4.74 Å². The van der Waals surface area contributed by atoms with Crippen LogP contribution in [0.15, 0.2) is 42.5 Å². The largest absolute Gasteiger partial charge is 0.507 e. The van der Waals surface area contributed by atoms with Crippen LogP contribution in [0.2, 0.25) is 0 Å². The fourth-order valence-electron chi connectivity index (χ4n) is 4.70. The number of hydrogen-bond donors (Lipinski definition) is 1. The minimum Gasteiger partial charge on any atom is -0.507 e. The Labute approximate surface area is 208 Å². The fourth-order valence-corrected chi connectivity index (χ4v) is 4.70. The van der Waals surface area contributed by atoms with Crippen LogP contribution in [0.25, 0.3) is 22.0 Å². The maximum absolute atomic E-state index is 13.1. The van der Waals surface area contributed by atoms with E-state index in [0.29, 0.717) is 30.2 Å². The van der Waals surface area contributed by atoms with Crippen molar-refractivity contribution >= 4 is 16.9 Å². The first-order valence-electron chi connectivity index (χ1n) is 12.0. The van der Waals surface area contributed by atoms with Gasteiger partial charge in [0.1, 0.15) is 17.0 Å². The van der Waals surface area contributed by atoms with Crippen LogP contribution in [0, 0.1) is 5.92 Å². The van der Waals surface area contributed by atoms with Crippen LogP contribution >= 0.6 is 0 Å². The molecule has 1 aromatic heterocycles. The van der Waals surface area contributed by atoms with Gasteiger partial charge in [-0.1, -0.05) is 31.2 Å². The number of halogens is 3. The number of amides is 1. The van der Waals surface area contributed by atoms with Gasteiger partial charge >= 0.3 is 12.3 Å². The number of nitrogens with zero attached hydrogens (tertiary/aromatic N) is 3. The van der Waals surface area contributed by atoms with E-state index in [-0.39, 0.29) is 23.5 Å². The Morgan fingerprint density at radius 3 is 2.44 bits per heavy atom. The minimum atomic E-state index is -4.56. The Bertz CT molecular complexity index is 1270. The molecule has 0 aliphatic carbocycles. The number of alkyl halides is 3. The smallest absolute Gasteiger partial charge is 0.416 e. The van der Waals surface area contributed by atoms with Crippen molar-refractivity contribution in [3.63, 3.8) is 0 Å². The highest BCUT2D eigenvalue weighted by molar-refractivity contribution is 5.97. The molecule has 2 atom stereocenters. The molecule has 6 nitrogen and oxygen atoms in total. The summed E-state index contributed by atoms with van der Waals surface area (Å²) in [5.41, 5.74) is -0.266. The quantitative estimate of drug-likeness (QED) is 0.429. The lowest BCUT2D eigenvalue weighted by atomic mass is 9.83. The Morgan fingerprint density at radius 2 is 1.81 bits per heavy atom. The van der Waals surface area contributed by atoms with Gasteiger partial charge in [0.2, 0.25) is 0 Å². The topological polar surface area (TPSA) is 75.6 Å². The number of aromatic hydroxyl groups is 1. The lowest BCUT2D eigenvalue weighted by molar-refractivity contribution is -0.137. The number of ether oxygens (including phenoxy) is 1. The van der Waals surface area contributed by atoms with Crippen LogP contribution in [0.5, 0.6) is 5.75 Å². The molecule has 9 heteroatoms. The SMILES string of the molecule is CC(c1nnc(-c2ccc(C(F)(F)F)cc2O)c2ccccc12)C1CCCN(C(=O)OC(C)(C)C)C1. The zero-order valence-corrected chi connectivity index (χ0v) is 20.8. The minimum absolute atomic E-state index is 0.0390. The van der Waals surface area contributed by atoms with Crippen molar-refractivity contribution in [1.82, 2.24) is 15.1 Å². The van der Waals surface area contributed by atoms with Gasteiger partial charge in [-0.15, -0.1) is 5.10 Å². The molecule has 1 aliphatic rings. The lowest BCUT2D eigenvalue weighted by Gasteiger charge is -2.36. The van der Waals surface area contributed by atoms with E-state index in [1.54, 1.807) is 4.90 Å². The number of rotatable bonds is 3. The van der Waals surface area contributed by atoms with Gasteiger partial charge in [-0.05, 0) is 57.7 Å². The second-order valence-electron chi connectivity index (χ2n) is 10.3. The van der Waals surface area contributed by atoms with Crippen LogP contribution in [0.1, 0.15) is 57.7 Å². The summed E-state index contributed by atoms with van der Waals surface area (Å²) in [6.07, 6.45) is -3.13. The van der Waals surface area contributed by atoms with Gasteiger partial charge in [-0.2, -0.15) is 18.3 Å². The molecule has 1 N–H and O–H groups in total. The molecular formula is C27H30F3N3O3. The van der Waals surface area contributed by atoms with Gasteiger partial charge in [0.15, 0.2) is 0 Å². The molecule has 0 radical (unpaired) electrons. The normalized spacial score (nSPS) is 17.8. The standard InChI is InChI=1S/C27H30F3N3O3/c1-16(17-8-7-13-33(15-17)25(35)36-26(2,3)4)23-19-9-5-6-10-20(19)24(32-31-23)21-12-11-18(14-22(21)34)27(28,29)30/h5-6,9-12,14,16-17,34H,7-8,13,15H2,1-4H3. The average Bonchev–Trinajstić information content (AvgIpc) is 2.81. The molecule has 0 bridgehead atoms. The van der Waals surface area contributed by atoms with Crippen LogP contribution in [0.3, 0.4) is 0 Å². The van der Waals surface area contributed by atoms with Crippen molar-refractivity contribution in [3.8, 4) is 17.0 Å². The number of benzene rings is 2. The summed E-state index contributed by atoms with van der Waals surface area (Å²) in [6, 6.07) is 10.2. The van der Waals surface area contributed by atoms with E-state index in [9.17, 15) is 23.1 Å².